The van der Waals surface area contributed by atoms with Crippen LogP contribution in [0.3, 0.4) is 0 Å². The van der Waals surface area contributed by atoms with E-state index in [0.29, 0.717) is 29.5 Å². The molecule has 0 aliphatic carbocycles. The molecule has 130 valence electrons. The van der Waals surface area contributed by atoms with Crippen LogP contribution in [-0.4, -0.2) is 24.4 Å². The summed E-state index contributed by atoms with van der Waals surface area (Å²) in [5.41, 5.74) is 1.62. The van der Waals surface area contributed by atoms with Crippen molar-refractivity contribution >= 4 is 22.6 Å². The summed E-state index contributed by atoms with van der Waals surface area (Å²) in [6.45, 7) is 4.56. The second kappa shape index (κ2) is 7.72. The van der Waals surface area contributed by atoms with Gasteiger partial charge in [0, 0.05) is 22.0 Å². The molecule has 1 aromatic heterocycles. The minimum atomic E-state index is -0.513. The van der Waals surface area contributed by atoms with Crippen LogP contribution in [0.1, 0.15) is 13.8 Å². The molecule has 0 unspecified atom stereocenters. The van der Waals surface area contributed by atoms with E-state index in [1.54, 1.807) is 6.92 Å². The van der Waals surface area contributed by atoms with E-state index < -0.39 is 6.10 Å². The van der Waals surface area contributed by atoms with Crippen LogP contribution in [0.15, 0.2) is 57.9 Å². The molecule has 1 atom stereocenters. The zero-order valence-electron chi connectivity index (χ0n) is 14.2. The van der Waals surface area contributed by atoms with Crippen LogP contribution < -0.4 is 10.1 Å². The van der Waals surface area contributed by atoms with Crippen LogP contribution in [0.25, 0.3) is 22.3 Å². The number of halogens is 1. The Morgan fingerprint density at radius 1 is 1.16 bits per heavy atom. The number of fused-ring (bicyclic) bond motifs is 1. The molecule has 0 aliphatic rings. The molecule has 1 heterocycles. The summed E-state index contributed by atoms with van der Waals surface area (Å²) in [7, 11) is 0. The smallest absolute Gasteiger partial charge is 0.137 e. The summed E-state index contributed by atoms with van der Waals surface area (Å²) in [5, 5.41) is 11.9. The molecule has 0 saturated heterocycles. The summed E-state index contributed by atoms with van der Waals surface area (Å²) in [6, 6.07) is 15.0. The predicted octanol–water partition coefficient (Wildman–Crippen LogP) is 4.43. The van der Waals surface area contributed by atoms with Crippen molar-refractivity contribution in [1.29, 1.82) is 0 Å². The Morgan fingerprint density at radius 3 is 2.60 bits per heavy atom. The highest BCUT2D eigenvalue weighted by molar-refractivity contribution is 6.30. The number of aliphatic hydroxyl groups is 1. The zero-order chi connectivity index (χ0) is 17.8. The Kier molecular flexibility index (Phi) is 5.41. The first-order chi connectivity index (χ1) is 12.1. The minimum absolute atomic E-state index is 0.317. The number of ether oxygens (including phenoxy) is 1. The molecule has 5 heteroatoms. The summed E-state index contributed by atoms with van der Waals surface area (Å²) in [5.74, 6) is 1.45. The Bertz CT molecular complexity index is 930. The zero-order valence-corrected chi connectivity index (χ0v) is 15.0. The fraction of sp³-hybridized carbons (Fsp3) is 0.250. The fourth-order valence-corrected chi connectivity index (χ4v) is 2.65. The monoisotopic (exact) mass is 357 g/mol. The van der Waals surface area contributed by atoms with E-state index >= 15 is 0 Å². The van der Waals surface area contributed by atoms with Gasteiger partial charge in [-0.3, -0.25) is 4.99 Å². The van der Waals surface area contributed by atoms with E-state index in [1.807, 2.05) is 55.5 Å². The highest BCUT2D eigenvalue weighted by atomic mass is 35.5. The lowest BCUT2D eigenvalue weighted by Crippen LogP contribution is -2.11. The average Bonchev–Trinajstić information content (AvgIpc) is 2.60. The van der Waals surface area contributed by atoms with Gasteiger partial charge in [-0.25, -0.2) is 0 Å². The average molecular weight is 358 g/mol. The second-order valence-corrected chi connectivity index (χ2v) is 6.22. The van der Waals surface area contributed by atoms with E-state index in [1.165, 1.54) is 0 Å². The number of aliphatic hydroxyl groups excluding tert-OH is 1. The van der Waals surface area contributed by atoms with Gasteiger partial charge in [0.05, 0.1) is 24.6 Å². The van der Waals surface area contributed by atoms with Gasteiger partial charge in [0.25, 0.3) is 0 Å². The first-order valence-electron chi connectivity index (χ1n) is 8.22. The van der Waals surface area contributed by atoms with Crippen molar-refractivity contribution in [2.45, 2.75) is 20.0 Å². The number of benzene rings is 2. The normalized spacial score (nSPS) is 13.2. The lowest BCUT2D eigenvalue weighted by Gasteiger charge is -2.08. The number of hydrogen-bond acceptors (Lipinski definition) is 4. The summed E-state index contributed by atoms with van der Waals surface area (Å²) in [6.07, 6.45) is -0.513. The molecular weight excluding hydrogens is 338 g/mol. The van der Waals surface area contributed by atoms with Gasteiger partial charge in [0.15, 0.2) is 0 Å². The lowest BCUT2D eigenvalue weighted by atomic mass is 10.1. The molecular formula is C20H20ClNO3. The van der Waals surface area contributed by atoms with Crippen molar-refractivity contribution in [2.75, 3.05) is 13.2 Å². The third-order valence-corrected chi connectivity index (χ3v) is 3.93. The van der Waals surface area contributed by atoms with Crippen LogP contribution in [0.2, 0.25) is 5.02 Å². The predicted molar refractivity (Wildman–Crippen MR) is 99.9 cm³/mol. The van der Waals surface area contributed by atoms with Crippen LogP contribution in [0.4, 0.5) is 0 Å². The first kappa shape index (κ1) is 17.5. The third kappa shape index (κ3) is 4.21. The Balaban J connectivity index is 2.19. The topological polar surface area (TPSA) is 55.0 Å². The maximum atomic E-state index is 9.58. The number of rotatable bonds is 5. The van der Waals surface area contributed by atoms with Crippen LogP contribution in [0, 0.1) is 0 Å². The Morgan fingerprint density at radius 2 is 1.92 bits per heavy atom. The Hall–Kier alpha value is -2.30. The van der Waals surface area contributed by atoms with Crippen molar-refractivity contribution in [1.82, 2.24) is 0 Å². The number of nitrogens with zero attached hydrogens (tertiary/aromatic N) is 1. The molecule has 0 radical (unpaired) electrons. The molecule has 25 heavy (non-hydrogen) atoms. The molecule has 0 aliphatic heterocycles. The second-order valence-electron chi connectivity index (χ2n) is 5.78. The van der Waals surface area contributed by atoms with Gasteiger partial charge in [0.2, 0.25) is 0 Å². The summed E-state index contributed by atoms with van der Waals surface area (Å²) >= 11 is 5.97. The third-order valence-electron chi connectivity index (χ3n) is 3.68. The lowest BCUT2D eigenvalue weighted by molar-refractivity contribution is 0.203. The fourth-order valence-electron chi connectivity index (χ4n) is 2.52. The molecule has 0 bridgehead atoms. The highest BCUT2D eigenvalue weighted by Gasteiger charge is 2.08. The van der Waals surface area contributed by atoms with E-state index in [0.717, 1.165) is 22.1 Å². The van der Waals surface area contributed by atoms with Crippen molar-refractivity contribution in [3.63, 3.8) is 0 Å². The van der Waals surface area contributed by atoms with Gasteiger partial charge in [-0.05, 0) is 56.3 Å². The van der Waals surface area contributed by atoms with Gasteiger partial charge >= 0.3 is 0 Å². The van der Waals surface area contributed by atoms with E-state index in [4.69, 9.17) is 20.8 Å². The first-order valence-corrected chi connectivity index (χ1v) is 8.60. The molecule has 1 N–H and O–H groups in total. The molecule has 2 aromatic carbocycles. The minimum Gasteiger partial charge on any atom is -0.494 e. The maximum Gasteiger partial charge on any atom is 0.137 e. The molecule has 3 aromatic rings. The van der Waals surface area contributed by atoms with Gasteiger partial charge in [-0.1, -0.05) is 11.6 Å². The quantitative estimate of drug-likeness (QED) is 0.734. The van der Waals surface area contributed by atoms with Crippen molar-refractivity contribution in [3.8, 4) is 17.1 Å². The van der Waals surface area contributed by atoms with Crippen molar-refractivity contribution in [2.24, 2.45) is 4.99 Å². The van der Waals surface area contributed by atoms with Gasteiger partial charge in [-0.15, -0.1) is 0 Å². The van der Waals surface area contributed by atoms with Gasteiger partial charge < -0.3 is 14.3 Å². The van der Waals surface area contributed by atoms with E-state index in [2.05, 4.69) is 4.99 Å². The van der Waals surface area contributed by atoms with Crippen LogP contribution in [0.5, 0.6) is 5.75 Å². The standard InChI is InChI=1S/C20H20ClNO3/c1-3-24-16-8-9-19-17(10-16)18(22-12-13(2)23)11-20(25-19)14-4-6-15(21)7-5-14/h4-11,13,23H,3,12H2,1-2H3/t13-/m0/s1. The van der Waals surface area contributed by atoms with Crippen LogP contribution >= 0.6 is 11.6 Å². The summed E-state index contributed by atoms with van der Waals surface area (Å²) in [4.78, 5) is 4.55. The van der Waals surface area contributed by atoms with Gasteiger partial charge in [-0.2, -0.15) is 0 Å². The van der Waals surface area contributed by atoms with E-state index in [9.17, 15) is 5.11 Å². The van der Waals surface area contributed by atoms with Crippen molar-refractivity contribution < 1.29 is 14.3 Å². The maximum absolute atomic E-state index is 9.58. The highest BCUT2D eigenvalue weighted by Crippen LogP contribution is 2.25. The van der Waals surface area contributed by atoms with Crippen LogP contribution in [-0.2, 0) is 0 Å². The molecule has 3 rings (SSSR count). The number of hydrogen-bond donors (Lipinski definition) is 1. The summed E-state index contributed by atoms with van der Waals surface area (Å²) < 4.78 is 11.6. The largest absolute Gasteiger partial charge is 0.494 e. The molecule has 4 nitrogen and oxygen atoms in total. The SMILES string of the molecule is CCOc1ccc2oc(-c3ccc(Cl)cc3)cc(=NC[C@H](C)O)c2c1. The molecule has 0 fully saturated rings. The van der Waals surface area contributed by atoms with E-state index in [-0.39, 0.29) is 0 Å². The Labute approximate surface area is 151 Å². The molecule has 0 saturated carbocycles. The molecule has 0 spiro atoms. The molecule has 0 amide bonds. The van der Waals surface area contributed by atoms with Gasteiger partial charge in [0.1, 0.15) is 17.1 Å². The van der Waals surface area contributed by atoms with Crippen molar-refractivity contribution in [3.05, 3.63) is 58.9 Å².